The second-order valence-corrected chi connectivity index (χ2v) is 9.17. The minimum Gasteiger partial charge on any atom is -0.492 e. The standard InChI is InChI=1S/C24H23FN2O6S/c25-18-6-8-19(9-7-18)27(17-24(28)26-12-13-31-20-4-2-1-3-5-20)34(29,30)21-10-11-22-23(16-21)33-15-14-32-22/h1-11,16H,12-15,17H2,(H,26,28). The first-order valence-electron chi connectivity index (χ1n) is 10.6. The zero-order valence-corrected chi connectivity index (χ0v) is 19.0. The zero-order chi connectivity index (χ0) is 24.0. The number of ether oxygens (including phenoxy) is 3. The van der Waals surface area contributed by atoms with E-state index in [-0.39, 0.29) is 23.7 Å². The molecule has 0 saturated heterocycles. The maximum absolute atomic E-state index is 13.5. The van der Waals surface area contributed by atoms with Gasteiger partial charge in [-0.05, 0) is 48.5 Å². The first-order chi connectivity index (χ1) is 16.4. The molecule has 1 N–H and O–H groups in total. The van der Waals surface area contributed by atoms with Gasteiger partial charge in [-0.15, -0.1) is 0 Å². The third-order valence-corrected chi connectivity index (χ3v) is 6.71. The molecule has 1 aliphatic rings. The number of carbonyl (C=O) groups excluding carboxylic acids is 1. The maximum atomic E-state index is 13.5. The smallest absolute Gasteiger partial charge is 0.264 e. The van der Waals surface area contributed by atoms with Crippen LogP contribution in [-0.2, 0) is 14.8 Å². The molecule has 3 aromatic rings. The van der Waals surface area contributed by atoms with Crippen LogP contribution in [-0.4, -0.2) is 47.2 Å². The van der Waals surface area contributed by atoms with E-state index >= 15 is 0 Å². The monoisotopic (exact) mass is 486 g/mol. The summed E-state index contributed by atoms with van der Waals surface area (Å²) in [6, 6.07) is 18.2. The molecule has 0 unspecified atom stereocenters. The van der Waals surface area contributed by atoms with Crippen molar-refractivity contribution in [3.63, 3.8) is 0 Å². The highest BCUT2D eigenvalue weighted by atomic mass is 32.2. The van der Waals surface area contributed by atoms with Crippen molar-refractivity contribution < 1.29 is 31.8 Å². The number of nitrogens with zero attached hydrogens (tertiary/aromatic N) is 1. The number of amides is 1. The summed E-state index contributed by atoms with van der Waals surface area (Å²) in [6.45, 7) is 0.546. The number of hydrogen-bond acceptors (Lipinski definition) is 6. The molecule has 0 radical (unpaired) electrons. The second-order valence-electron chi connectivity index (χ2n) is 7.31. The van der Waals surface area contributed by atoms with Crippen molar-refractivity contribution >= 4 is 21.6 Å². The molecule has 3 aromatic carbocycles. The SMILES string of the molecule is O=C(CN(c1ccc(F)cc1)S(=O)(=O)c1ccc2c(c1)OCCO2)NCCOc1ccccc1. The molecule has 0 saturated carbocycles. The first-order valence-corrected chi connectivity index (χ1v) is 12.0. The molecule has 0 aliphatic carbocycles. The molecule has 0 spiro atoms. The summed E-state index contributed by atoms with van der Waals surface area (Å²) in [6.07, 6.45) is 0. The van der Waals surface area contributed by atoms with Gasteiger partial charge in [-0.1, -0.05) is 18.2 Å². The Morgan fingerprint density at radius 3 is 2.41 bits per heavy atom. The van der Waals surface area contributed by atoms with Crippen LogP contribution in [0.25, 0.3) is 0 Å². The normalized spacial score (nSPS) is 12.6. The van der Waals surface area contributed by atoms with Crippen LogP contribution in [0.15, 0.2) is 77.7 Å². The summed E-state index contributed by atoms with van der Waals surface area (Å²) in [5, 5.41) is 2.65. The van der Waals surface area contributed by atoms with Gasteiger partial charge in [0.05, 0.1) is 17.1 Å². The van der Waals surface area contributed by atoms with E-state index in [4.69, 9.17) is 14.2 Å². The molecule has 178 valence electrons. The summed E-state index contributed by atoms with van der Waals surface area (Å²) in [5.74, 6) is 0.333. The second kappa shape index (κ2) is 10.4. The van der Waals surface area contributed by atoms with Gasteiger partial charge in [-0.3, -0.25) is 9.10 Å². The Morgan fingerprint density at radius 2 is 1.68 bits per heavy atom. The molecule has 1 aliphatic heterocycles. The minimum atomic E-state index is -4.19. The fraction of sp³-hybridized carbons (Fsp3) is 0.208. The molecule has 0 aromatic heterocycles. The average molecular weight is 487 g/mol. The van der Waals surface area contributed by atoms with Crippen molar-refractivity contribution in [2.75, 3.05) is 37.2 Å². The molecule has 0 bridgehead atoms. The quantitative estimate of drug-likeness (QED) is 0.468. The molecule has 0 atom stereocenters. The van der Waals surface area contributed by atoms with Gasteiger partial charge in [0.25, 0.3) is 10.0 Å². The third kappa shape index (κ3) is 5.57. The van der Waals surface area contributed by atoms with E-state index in [9.17, 15) is 17.6 Å². The largest absolute Gasteiger partial charge is 0.492 e. The van der Waals surface area contributed by atoms with Crippen LogP contribution in [0, 0.1) is 5.82 Å². The number of carbonyl (C=O) groups is 1. The van der Waals surface area contributed by atoms with Crippen LogP contribution in [0.3, 0.4) is 0 Å². The van der Waals surface area contributed by atoms with Crippen molar-refractivity contribution in [2.24, 2.45) is 0 Å². The average Bonchev–Trinajstić information content (AvgIpc) is 2.86. The number of rotatable bonds is 9. The van der Waals surface area contributed by atoms with Crippen LogP contribution in [0.5, 0.6) is 17.2 Å². The Bertz CT molecular complexity index is 1240. The van der Waals surface area contributed by atoms with Crippen molar-refractivity contribution in [1.29, 1.82) is 0 Å². The van der Waals surface area contributed by atoms with Gasteiger partial charge in [0.2, 0.25) is 5.91 Å². The highest BCUT2D eigenvalue weighted by molar-refractivity contribution is 7.92. The lowest BCUT2D eigenvalue weighted by Crippen LogP contribution is -2.42. The van der Waals surface area contributed by atoms with Crippen molar-refractivity contribution in [2.45, 2.75) is 4.90 Å². The number of sulfonamides is 1. The molecular formula is C24H23FN2O6S. The fourth-order valence-electron chi connectivity index (χ4n) is 3.30. The Hall–Kier alpha value is -3.79. The summed E-state index contributed by atoms with van der Waals surface area (Å²) < 4.78 is 57.8. The lowest BCUT2D eigenvalue weighted by atomic mass is 10.3. The zero-order valence-electron chi connectivity index (χ0n) is 18.1. The Balaban J connectivity index is 1.50. The van der Waals surface area contributed by atoms with E-state index in [0.29, 0.717) is 30.5 Å². The van der Waals surface area contributed by atoms with Gasteiger partial charge in [0.15, 0.2) is 11.5 Å². The molecule has 8 nitrogen and oxygen atoms in total. The van der Waals surface area contributed by atoms with Gasteiger partial charge < -0.3 is 19.5 Å². The number of para-hydroxylation sites is 1. The minimum absolute atomic E-state index is 0.0821. The summed E-state index contributed by atoms with van der Waals surface area (Å²) in [7, 11) is -4.19. The topological polar surface area (TPSA) is 94.2 Å². The highest BCUT2D eigenvalue weighted by Gasteiger charge is 2.29. The molecule has 1 amide bonds. The summed E-state index contributed by atoms with van der Waals surface area (Å²) >= 11 is 0. The fourth-order valence-corrected chi connectivity index (χ4v) is 4.73. The molecule has 10 heteroatoms. The van der Waals surface area contributed by atoms with E-state index in [1.54, 1.807) is 12.1 Å². The number of fused-ring (bicyclic) bond motifs is 1. The van der Waals surface area contributed by atoms with Crippen LogP contribution < -0.4 is 23.8 Å². The van der Waals surface area contributed by atoms with Gasteiger partial charge in [0, 0.05) is 6.07 Å². The molecule has 0 fully saturated rings. The molecule has 4 rings (SSSR count). The first kappa shape index (κ1) is 23.4. The Morgan fingerprint density at radius 1 is 0.971 bits per heavy atom. The Kier molecular flexibility index (Phi) is 7.17. The number of hydrogen-bond donors (Lipinski definition) is 1. The highest BCUT2D eigenvalue weighted by Crippen LogP contribution is 2.34. The van der Waals surface area contributed by atoms with Gasteiger partial charge >= 0.3 is 0 Å². The van der Waals surface area contributed by atoms with E-state index < -0.39 is 28.3 Å². The molecule has 34 heavy (non-hydrogen) atoms. The molecular weight excluding hydrogens is 463 g/mol. The Labute approximate surface area is 196 Å². The number of anilines is 1. The predicted molar refractivity (Wildman–Crippen MR) is 123 cm³/mol. The van der Waals surface area contributed by atoms with Gasteiger partial charge in [-0.25, -0.2) is 12.8 Å². The van der Waals surface area contributed by atoms with E-state index in [0.717, 1.165) is 16.4 Å². The maximum Gasteiger partial charge on any atom is 0.264 e. The third-order valence-electron chi connectivity index (χ3n) is 4.94. The van der Waals surface area contributed by atoms with Gasteiger partial charge in [0.1, 0.15) is 37.9 Å². The van der Waals surface area contributed by atoms with E-state index in [2.05, 4.69) is 5.32 Å². The van der Waals surface area contributed by atoms with E-state index in [1.807, 2.05) is 18.2 Å². The van der Waals surface area contributed by atoms with Gasteiger partial charge in [-0.2, -0.15) is 0 Å². The van der Waals surface area contributed by atoms with Crippen LogP contribution in [0.1, 0.15) is 0 Å². The lowest BCUT2D eigenvalue weighted by Gasteiger charge is -2.25. The van der Waals surface area contributed by atoms with Crippen molar-refractivity contribution in [3.05, 3.63) is 78.6 Å². The summed E-state index contributed by atoms with van der Waals surface area (Å²) in [4.78, 5) is 12.5. The predicted octanol–water partition coefficient (Wildman–Crippen LogP) is 2.99. The van der Waals surface area contributed by atoms with Crippen LogP contribution in [0.4, 0.5) is 10.1 Å². The van der Waals surface area contributed by atoms with Crippen LogP contribution in [0.2, 0.25) is 0 Å². The number of halogens is 1. The molecule has 1 heterocycles. The van der Waals surface area contributed by atoms with Crippen molar-refractivity contribution in [3.8, 4) is 17.2 Å². The van der Waals surface area contributed by atoms with E-state index in [1.165, 1.54) is 30.3 Å². The van der Waals surface area contributed by atoms with Crippen LogP contribution >= 0.6 is 0 Å². The summed E-state index contributed by atoms with van der Waals surface area (Å²) in [5.41, 5.74) is 0.145. The number of benzene rings is 3. The number of nitrogens with one attached hydrogen (secondary N) is 1. The van der Waals surface area contributed by atoms with Crippen molar-refractivity contribution in [1.82, 2.24) is 5.32 Å². The lowest BCUT2D eigenvalue weighted by molar-refractivity contribution is -0.119.